The first kappa shape index (κ1) is 14.1. The van der Waals surface area contributed by atoms with Crippen molar-refractivity contribution in [1.82, 2.24) is 9.97 Å². The summed E-state index contributed by atoms with van der Waals surface area (Å²) in [6, 6.07) is 9.71. The molecule has 0 aliphatic rings. The summed E-state index contributed by atoms with van der Waals surface area (Å²) < 4.78 is 5.66. The van der Waals surface area contributed by atoms with Gasteiger partial charge in [-0.05, 0) is 24.6 Å². The monoisotopic (exact) mass is 272 g/mol. The van der Waals surface area contributed by atoms with Gasteiger partial charge in [0.25, 0.3) is 0 Å². The molecule has 5 heteroatoms. The Morgan fingerprint density at radius 3 is 2.85 bits per heavy atom. The highest BCUT2D eigenvalue weighted by atomic mass is 16.5. The van der Waals surface area contributed by atoms with Crippen molar-refractivity contribution in [3.8, 4) is 5.75 Å². The number of hydrogen-bond acceptors (Lipinski definition) is 5. The minimum atomic E-state index is 0.485. The van der Waals surface area contributed by atoms with Gasteiger partial charge in [-0.3, -0.25) is 0 Å². The number of nitrogens with one attached hydrogen (secondary N) is 1. The van der Waals surface area contributed by atoms with E-state index in [0.29, 0.717) is 19.0 Å². The molecule has 0 radical (unpaired) electrons. The summed E-state index contributed by atoms with van der Waals surface area (Å²) >= 11 is 0. The molecule has 0 unspecified atom stereocenters. The van der Waals surface area contributed by atoms with Crippen molar-refractivity contribution >= 4 is 11.6 Å². The summed E-state index contributed by atoms with van der Waals surface area (Å²) in [7, 11) is 0. The van der Waals surface area contributed by atoms with Crippen LogP contribution in [0.5, 0.6) is 5.75 Å². The second-order valence-electron chi connectivity index (χ2n) is 4.54. The predicted molar refractivity (Wildman–Crippen MR) is 81.0 cm³/mol. The van der Waals surface area contributed by atoms with Crippen LogP contribution in [0.1, 0.15) is 18.3 Å². The molecular weight excluding hydrogens is 252 g/mol. The second-order valence-corrected chi connectivity index (χ2v) is 4.54. The van der Waals surface area contributed by atoms with E-state index in [1.807, 2.05) is 38.1 Å². The van der Waals surface area contributed by atoms with Crippen LogP contribution in [-0.2, 0) is 6.42 Å². The van der Waals surface area contributed by atoms with Crippen molar-refractivity contribution in [2.24, 2.45) is 0 Å². The second kappa shape index (κ2) is 6.75. The predicted octanol–water partition coefficient (Wildman–Crippen LogP) is 2.42. The van der Waals surface area contributed by atoms with Gasteiger partial charge in [-0.15, -0.1) is 0 Å². The number of rotatable bonds is 6. The van der Waals surface area contributed by atoms with Gasteiger partial charge in [-0.2, -0.15) is 0 Å². The van der Waals surface area contributed by atoms with Crippen LogP contribution in [0, 0.1) is 6.92 Å². The topological polar surface area (TPSA) is 73.1 Å². The number of ether oxygens (including phenoxy) is 1. The molecule has 1 heterocycles. The number of aryl methyl sites for hydroxylation is 2. The highest BCUT2D eigenvalue weighted by Crippen LogP contribution is 2.12. The van der Waals surface area contributed by atoms with Gasteiger partial charge in [-0.25, -0.2) is 9.97 Å². The lowest BCUT2D eigenvalue weighted by Crippen LogP contribution is -2.13. The lowest BCUT2D eigenvalue weighted by molar-refractivity contribution is 0.332. The average molecular weight is 272 g/mol. The summed E-state index contributed by atoms with van der Waals surface area (Å²) in [6.07, 6.45) is 0.763. The van der Waals surface area contributed by atoms with E-state index in [4.69, 9.17) is 10.5 Å². The van der Waals surface area contributed by atoms with Gasteiger partial charge in [0.05, 0.1) is 6.54 Å². The van der Waals surface area contributed by atoms with Crippen molar-refractivity contribution in [2.45, 2.75) is 20.3 Å². The molecule has 0 fully saturated rings. The minimum absolute atomic E-state index is 0.485. The average Bonchev–Trinajstić information content (AvgIpc) is 2.43. The third-order valence-corrected chi connectivity index (χ3v) is 2.77. The fraction of sp³-hybridized carbons (Fsp3) is 0.333. The largest absolute Gasteiger partial charge is 0.492 e. The van der Waals surface area contributed by atoms with Crippen LogP contribution in [0.2, 0.25) is 0 Å². The first-order valence-electron chi connectivity index (χ1n) is 6.74. The molecule has 0 bridgehead atoms. The molecular formula is C15H20N4O. The summed E-state index contributed by atoms with van der Waals surface area (Å²) in [5, 5.41) is 3.19. The SMILES string of the molecule is CCc1nc(N)cc(NCCOc2cccc(C)c2)n1. The van der Waals surface area contributed by atoms with Crippen molar-refractivity contribution in [3.63, 3.8) is 0 Å². The highest BCUT2D eigenvalue weighted by Gasteiger charge is 2.01. The Morgan fingerprint density at radius 2 is 2.10 bits per heavy atom. The zero-order valence-corrected chi connectivity index (χ0v) is 11.9. The van der Waals surface area contributed by atoms with E-state index >= 15 is 0 Å². The first-order chi connectivity index (χ1) is 9.67. The van der Waals surface area contributed by atoms with Crippen LogP contribution in [0.15, 0.2) is 30.3 Å². The standard InChI is InChI=1S/C15H20N4O/c1-3-14-18-13(16)10-15(19-14)17-7-8-20-12-6-4-5-11(2)9-12/h4-6,9-10H,3,7-8H2,1-2H3,(H3,16,17,18,19). The van der Waals surface area contributed by atoms with E-state index in [2.05, 4.69) is 15.3 Å². The maximum Gasteiger partial charge on any atom is 0.132 e. The lowest BCUT2D eigenvalue weighted by atomic mass is 10.2. The van der Waals surface area contributed by atoms with Gasteiger partial charge >= 0.3 is 0 Å². The molecule has 5 nitrogen and oxygen atoms in total. The molecule has 20 heavy (non-hydrogen) atoms. The zero-order valence-electron chi connectivity index (χ0n) is 11.9. The maximum atomic E-state index is 5.72. The zero-order chi connectivity index (χ0) is 14.4. The van der Waals surface area contributed by atoms with Gasteiger partial charge in [0.1, 0.15) is 29.8 Å². The van der Waals surface area contributed by atoms with Crippen LogP contribution in [0.25, 0.3) is 0 Å². The summed E-state index contributed by atoms with van der Waals surface area (Å²) in [4.78, 5) is 8.49. The van der Waals surface area contributed by atoms with Crippen LogP contribution in [0.3, 0.4) is 0 Å². The Morgan fingerprint density at radius 1 is 1.25 bits per heavy atom. The van der Waals surface area contributed by atoms with Gasteiger partial charge in [0.2, 0.25) is 0 Å². The maximum absolute atomic E-state index is 5.72. The third-order valence-electron chi connectivity index (χ3n) is 2.77. The summed E-state index contributed by atoms with van der Waals surface area (Å²) in [6.45, 7) is 5.27. The molecule has 3 N–H and O–H groups in total. The number of anilines is 2. The van der Waals surface area contributed by atoms with E-state index in [1.165, 1.54) is 5.56 Å². The number of nitrogens with two attached hydrogens (primary N) is 1. The lowest BCUT2D eigenvalue weighted by Gasteiger charge is -2.09. The van der Waals surface area contributed by atoms with Gasteiger partial charge in [-0.1, -0.05) is 19.1 Å². The molecule has 1 aromatic carbocycles. The van der Waals surface area contributed by atoms with E-state index in [-0.39, 0.29) is 0 Å². The van der Waals surface area contributed by atoms with Crippen LogP contribution in [0.4, 0.5) is 11.6 Å². The molecule has 0 amide bonds. The number of benzene rings is 1. The Bertz CT molecular complexity index is 572. The number of hydrogen-bond donors (Lipinski definition) is 2. The molecule has 2 rings (SSSR count). The van der Waals surface area contributed by atoms with E-state index in [9.17, 15) is 0 Å². The van der Waals surface area contributed by atoms with Gasteiger partial charge in [0, 0.05) is 12.5 Å². The highest BCUT2D eigenvalue weighted by molar-refractivity contribution is 5.44. The van der Waals surface area contributed by atoms with Crippen LogP contribution in [-0.4, -0.2) is 23.1 Å². The van der Waals surface area contributed by atoms with Crippen molar-refractivity contribution in [3.05, 3.63) is 41.7 Å². The fourth-order valence-electron chi connectivity index (χ4n) is 1.82. The van der Waals surface area contributed by atoms with Crippen molar-refractivity contribution < 1.29 is 4.74 Å². The summed E-state index contributed by atoms with van der Waals surface area (Å²) in [5.41, 5.74) is 6.91. The van der Waals surface area contributed by atoms with Crippen molar-refractivity contribution in [1.29, 1.82) is 0 Å². The van der Waals surface area contributed by atoms with Crippen LogP contribution >= 0.6 is 0 Å². The Labute approximate surface area is 119 Å². The molecule has 106 valence electrons. The first-order valence-corrected chi connectivity index (χ1v) is 6.74. The number of nitrogen functional groups attached to an aromatic ring is 1. The van der Waals surface area contributed by atoms with Crippen LogP contribution < -0.4 is 15.8 Å². The number of nitrogens with zero attached hydrogens (tertiary/aromatic N) is 2. The Balaban J connectivity index is 1.82. The third kappa shape index (κ3) is 4.12. The Kier molecular flexibility index (Phi) is 4.76. The quantitative estimate of drug-likeness (QED) is 0.790. The Hall–Kier alpha value is -2.30. The minimum Gasteiger partial charge on any atom is -0.492 e. The smallest absolute Gasteiger partial charge is 0.132 e. The molecule has 0 saturated carbocycles. The number of aromatic nitrogens is 2. The molecule has 1 aromatic heterocycles. The van der Waals surface area contributed by atoms with Gasteiger partial charge in [0.15, 0.2) is 0 Å². The van der Waals surface area contributed by atoms with E-state index in [0.717, 1.165) is 23.8 Å². The van der Waals surface area contributed by atoms with E-state index < -0.39 is 0 Å². The van der Waals surface area contributed by atoms with E-state index in [1.54, 1.807) is 6.07 Å². The molecule has 0 aliphatic carbocycles. The van der Waals surface area contributed by atoms with Crippen molar-refractivity contribution in [2.75, 3.05) is 24.2 Å². The molecule has 0 atom stereocenters. The van der Waals surface area contributed by atoms with Gasteiger partial charge < -0.3 is 15.8 Å². The fourth-order valence-corrected chi connectivity index (χ4v) is 1.82. The molecule has 0 aliphatic heterocycles. The molecule has 2 aromatic rings. The normalized spacial score (nSPS) is 10.3. The summed E-state index contributed by atoms with van der Waals surface area (Å²) in [5.74, 6) is 2.84. The molecule has 0 saturated heterocycles. The molecule has 0 spiro atoms.